The molecule has 0 unspecified atom stereocenters. The van der Waals surface area contributed by atoms with Gasteiger partial charge in [0, 0.05) is 11.3 Å². The van der Waals surface area contributed by atoms with Crippen molar-refractivity contribution in [1.82, 2.24) is 0 Å². The third kappa shape index (κ3) is 2.99. The SMILES string of the molecule is CSc1ccc(C/C(N)=N\O)cc1. The molecule has 0 spiro atoms. The van der Waals surface area contributed by atoms with Crippen LogP contribution in [0.5, 0.6) is 0 Å². The van der Waals surface area contributed by atoms with Gasteiger partial charge in [0.15, 0.2) is 0 Å². The molecule has 0 heterocycles. The smallest absolute Gasteiger partial charge is 0.143 e. The predicted octanol–water partition coefficient (Wildman–Crippen LogP) is 1.70. The van der Waals surface area contributed by atoms with Crippen molar-refractivity contribution < 1.29 is 5.21 Å². The number of hydrogen-bond donors (Lipinski definition) is 2. The molecule has 0 aliphatic carbocycles. The number of rotatable bonds is 3. The van der Waals surface area contributed by atoms with Crippen LogP contribution in [0, 0.1) is 0 Å². The second-order valence-corrected chi connectivity index (χ2v) is 3.50. The van der Waals surface area contributed by atoms with Crippen LogP contribution in [0.4, 0.5) is 0 Å². The van der Waals surface area contributed by atoms with Crippen LogP contribution < -0.4 is 5.73 Å². The van der Waals surface area contributed by atoms with E-state index in [9.17, 15) is 0 Å². The molecular formula is C9H12N2OS. The van der Waals surface area contributed by atoms with Crippen LogP contribution in [-0.4, -0.2) is 17.3 Å². The van der Waals surface area contributed by atoms with E-state index in [-0.39, 0.29) is 5.84 Å². The summed E-state index contributed by atoms with van der Waals surface area (Å²) in [5, 5.41) is 11.3. The lowest BCUT2D eigenvalue weighted by Gasteiger charge is -2.00. The highest BCUT2D eigenvalue weighted by Crippen LogP contribution is 2.14. The minimum Gasteiger partial charge on any atom is -0.409 e. The lowest BCUT2D eigenvalue weighted by Crippen LogP contribution is -2.14. The van der Waals surface area contributed by atoms with Crippen molar-refractivity contribution in [3.63, 3.8) is 0 Å². The lowest BCUT2D eigenvalue weighted by molar-refractivity contribution is 0.317. The molecule has 3 N–H and O–H groups in total. The molecule has 0 saturated carbocycles. The summed E-state index contributed by atoms with van der Waals surface area (Å²) in [5.41, 5.74) is 6.42. The minimum atomic E-state index is 0.233. The Kier molecular flexibility index (Phi) is 3.64. The monoisotopic (exact) mass is 196 g/mol. The zero-order valence-corrected chi connectivity index (χ0v) is 8.21. The lowest BCUT2D eigenvalue weighted by atomic mass is 10.1. The van der Waals surface area contributed by atoms with E-state index >= 15 is 0 Å². The molecule has 0 saturated heterocycles. The van der Waals surface area contributed by atoms with Gasteiger partial charge in [-0.25, -0.2) is 0 Å². The van der Waals surface area contributed by atoms with Crippen LogP contribution in [0.3, 0.4) is 0 Å². The summed E-state index contributed by atoms with van der Waals surface area (Å²) in [6.45, 7) is 0. The summed E-state index contributed by atoms with van der Waals surface area (Å²) in [7, 11) is 0. The molecule has 1 aromatic carbocycles. The van der Waals surface area contributed by atoms with Gasteiger partial charge in [-0.05, 0) is 24.0 Å². The minimum absolute atomic E-state index is 0.233. The van der Waals surface area contributed by atoms with Crippen LogP contribution in [-0.2, 0) is 6.42 Å². The van der Waals surface area contributed by atoms with E-state index < -0.39 is 0 Å². The van der Waals surface area contributed by atoms with Crippen LogP contribution in [0.1, 0.15) is 5.56 Å². The molecule has 0 amide bonds. The summed E-state index contributed by atoms with van der Waals surface area (Å²) in [6.07, 6.45) is 2.52. The maximum Gasteiger partial charge on any atom is 0.143 e. The molecule has 70 valence electrons. The van der Waals surface area contributed by atoms with Gasteiger partial charge in [0.2, 0.25) is 0 Å². The number of amidine groups is 1. The van der Waals surface area contributed by atoms with Crippen molar-refractivity contribution in [3.8, 4) is 0 Å². The number of oxime groups is 1. The van der Waals surface area contributed by atoms with Crippen LogP contribution in [0.2, 0.25) is 0 Å². The van der Waals surface area contributed by atoms with E-state index in [1.807, 2.05) is 30.5 Å². The molecule has 13 heavy (non-hydrogen) atoms. The van der Waals surface area contributed by atoms with Gasteiger partial charge in [-0.2, -0.15) is 0 Å². The summed E-state index contributed by atoms with van der Waals surface area (Å²) in [5.74, 6) is 0.233. The summed E-state index contributed by atoms with van der Waals surface area (Å²) in [6, 6.07) is 7.99. The van der Waals surface area contributed by atoms with E-state index in [0.717, 1.165) is 5.56 Å². The molecular weight excluding hydrogens is 184 g/mol. The van der Waals surface area contributed by atoms with Gasteiger partial charge >= 0.3 is 0 Å². The Labute approximate surface area is 81.6 Å². The Morgan fingerprint density at radius 1 is 1.46 bits per heavy atom. The Hall–Kier alpha value is -1.16. The zero-order valence-electron chi connectivity index (χ0n) is 7.40. The molecule has 0 aliphatic rings. The molecule has 0 fully saturated rings. The molecule has 1 rings (SSSR count). The summed E-state index contributed by atoms with van der Waals surface area (Å²) in [4.78, 5) is 1.21. The first kappa shape index (κ1) is 9.92. The van der Waals surface area contributed by atoms with E-state index in [2.05, 4.69) is 5.16 Å². The standard InChI is InChI=1S/C9H12N2OS/c1-13-8-4-2-7(3-5-8)6-9(10)11-12/h2-5,12H,6H2,1H3,(H2,10,11). The third-order valence-corrected chi connectivity index (χ3v) is 2.42. The first-order valence-electron chi connectivity index (χ1n) is 3.85. The Morgan fingerprint density at radius 2 is 2.08 bits per heavy atom. The van der Waals surface area contributed by atoms with Gasteiger partial charge in [0.05, 0.1) is 0 Å². The second-order valence-electron chi connectivity index (χ2n) is 2.62. The van der Waals surface area contributed by atoms with Crippen molar-refractivity contribution in [2.45, 2.75) is 11.3 Å². The van der Waals surface area contributed by atoms with Gasteiger partial charge in [0.1, 0.15) is 5.84 Å². The highest BCUT2D eigenvalue weighted by atomic mass is 32.2. The van der Waals surface area contributed by atoms with Crippen molar-refractivity contribution in [2.75, 3.05) is 6.26 Å². The normalized spacial score (nSPS) is 11.6. The first-order valence-corrected chi connectivity index (χ1v) is 5.08. The van der Waals surface area contributed by atoms with Gasteiger partial charge in [-0.3, -0.25) is 0 Å². The maximum absolute atomic E-state index is 8.36. The van der Waals surface area contributed by atoms with Crippen LogP contribution in [0.15, 0.2) is 34.3 Å². The number of hydrogen-bond acceptors (Lipinski definition) is 3. The van der Waals surface area contributed by atoms with Gasteiger partial charge in [0.25, 0.3) is 0 Å². The van der Waals surface area contributed by atoms with Crippen molar-refractivity contribution in [3.05, 3.63) is 29.8 Å². The Bertz CT molecular complexity index is 295. The van der Waals surface area contributed by atoms with Crippen LogP contribution >= 0.6 is 11.8 Å². The van der Waals surface area contributed by atoms with Crippen LogP contribution in [0.25, 0.3) is 0 Å². The molecule has 0 radical (unpaired) electrons. The quantitative estimate of drug-likeness (QED) is 0.254. The highest BCUT2D eigenvalue weighted by molar-refractivity contribution is 7.98. The fraction of sp³-hybridized carbons (Fsp3) is 0.222. The van der Waals surface area contributed by atoms with E-state index in [0.29, 0.717) is 6.42 Å². The van der Waals surface area contributed by atoms with Crippen molar-refractivity contribution in [1.29, 1.82) is 0 Å². The summed E-state index contributed by atoms with van der Waals surface area (Å²) >= 11 is 1.69. The first-order chi connectivity index (χ1) is 6.26. The van der Waals surface area contributed by atoms with E-state index in [1.165, 1.54) is 4.90 Å². The number of benzene rings is 1. The zero-order chi connectivity index (χ0) is 9.68. The number of nitrogens with zero attached hydrogens (tertiary/aromatic N) is 1. The van der Waals surface area contributed by atoms with Gasteiger partial charge < -0.3 is 10.9 Å². The highest BCUT2D eigenvalue weighted by Gasteiger charge is 1.96. The van der Waals surface area contributed by atoms with Crippen molar-refractivity contribution >= 4 is 17.6 Å². The fourth-order valence-electron chi connectivity index (χ4n) is 0.988. The molecule has 0 atom stereocenters. The molecule has 0 aliphatic heterocycles. The topological polar surface area (TPSA) is 58.6 Å². The molecule has 1 aromatic rings. The summed E-state index contributed by atoms with van der Waals surface area (Å²) < 4.78 is 0. The Balaban J connectivity index is 2.69. The van der Waals surface area contributed by atoms with Gasteiger partial charge in [-0.1, -0.05) is 17.3 Å². The molecule has 4 heteroatoms. The fourth-order valence-corrected chi connectivity index (χ4v) is 1.40. The molecule has 3 nitrogen and oxygen atoms in total. The molecule has 0 aromatic heterocycles. The predicted molar refractivity (Wildman–Crippen MR) is 55.3 cm³/mol. The third-order valence-electron chi connectivity index (χ3n) is 1.67. The largest absolute Gasteiger partial charge is 0.409 e. The van der Waals surface area contributed by atoms with Crippen molar-refractivity contribution in [2.24, 2.45) is 10.9 Å². The van der Waals surface area contributed by atoms with Gasteiger partial charge in [-0.15, -0.1) is 11.8 Å². The average Bonchev–Trinajstić information content (AvgIpc) is 2.19. The molecule has 0 bridgehead atoms. The average molecular weight is 196 g/mol. The van der Waals surface area contributed by atoms with E-state index in [4.69, 9.17) is 10.9 Å². The number of thioether (sulfide) groups is 1. The second kappa shape index (κ2) is 4.77. The number of nitrogens with two attached hydrogens (primary N) is 1. The maximum atomic E-state index is 8.36. The van der Waals surface area contributed by atoms with E-state index in [1.54, 1.807) is 11.8 Å². The Morgan fingerprint density at radius 3 is 2.54 bits per heavy atom.